The van der Waals surface area contributed by atoms with Gasteiger partial charge in [0.05, 0.1) is 18.3 Å². The van der Waals surface area contributed by atoms with Crippen LogP contribution < -0.4 is 0 Å². The smallest absolute Gasteiger partial charge is 0.154 e. The highest BCUT2D eigenvalue weighted by Gasteiger charge is 2.29. The largest absolute Gasteiger partial charge is 0.458 e. The highest BCUT2D eigenvalue weighted by Crippen LogP contribution is 2.34. The molecule has 4 heterocycles. The molecule has 0 amide bonds. The van der Waals surface area contributed by atoms with Crippen LogP contribution in [-0.4, -0.2) is 26.8 Å². The molecule has 4 rings (SSSR count). The molecule has 0 aromatic carbocycles. The number of aromatic amines is 1. The fourth-order valence-electron chi connectivity index (χ4n) is 3.08. The fraction of sp³-hybridized carbons (Fsp3) is 0.375. The summed E-state index contributed by atoms with van der Waals surface area (Å²) in [4.78, 5) is 2.38. The molecule has 1 aliphatic rings. The quantitative estimate of drug-likeness (QED) is 0.800. The van der Waals surface area contributed by atoms with Crippen molar-refractivity contribution in [1.82, 2.24) is 20.3 Å². The molecule has 0 bridgehead atoms. The third-order valence-corrected chi connectivity index (χ3v) is 4.13. The Morgan fingerprint density at radius 3 is 3.09 bits per heavy atom. The van der Waals surface area contributed by atoms with E-state index in [-0.39, 0.29) is 0 Å². The third-order valence-electron chi connectivity index (χ3n) is 4.13. The first-order chi connectivity index (χ1) is 10.8. The summed E-state index contributed by atoms with van der Waals surface area (Å²) in [6.45, 7) is 3.78. The van der Waals surface area contributed by atoms with Gasteiger partial charge in [-0.25, -0.2) is 0 Å². The number of nitrogens with one attached hydrogen (secondary N) is 1. The molecule has 3 aromatic rings. The van der Waals surface area contributed by atoms with Gasteiger partial charge in [0.1, 0.15) is 11.5 Å². The molecule has 1 fully saturated rings. The molecule has 114 valence electrons. The average molecular weight is 298 g/mol. The van der Waals surface area contributed by atoms with Gasteiger partial charge in [-0.1, -0.05) is 5.16 Å². The van der Waals surface area contributed by atoms with Gasteiger partial charge >= 0.3 is 0 Å². The summed E-state index contributed by atoms with van der Waals surface area (Å²) < 4.78 is 11.4. The van der Waals surface area contributed by atoms with E-state index >= 15 is 0 Å². The number of aromatic nitrogens is 3. The first-order valence-corrected chi connectivity index (χ1v) is 7.55. The lowest BCUT2D eigenvalue weighted by Gasteiger charge is -2.20. The van der Waals surface area contributed by atoms with Gasteiger partial charge in [0.15, 0.2) is 11.5 Å². The molecule has 3 aromatic heterocycles. The van der Waals surface area contributed by atoms with Gasteiger partial charge in [-0.05, 0) is 44.5 Å². The van der Waals surface area contributed by atoms with Crippen LogP contribution in [0.5, 0.6) is 0 Å². The maximum absolute atomic E-state index is 5.92. The van der Waals surface area contributed by atoms with E-state index in [0.717, 1.165) is 48.2 Å². The van der Waals surface area contributed by atoms with Crippen LogP contribution in [0, 0.1) is 6.92 Å². The molecule has 6 nitrogen and oxygen atoms in total. The Labute approximate surface area is 128 Å². The van der Waals surface area contributed by atoms with Gasteiger partial charge in [-0.3, -0.25) is 10.00 Å². The number of H-pyrrole nitrogens is 1. The minimum atomic E-state index is 0.293. The van der Waals surface area contributed by atoms with Crippen molar-refractivity contribution in [2.75, 3.05) is 6.54 Å². The first kappa shape index (κ1) is 13.3. The molecule has 1 atom stereocenters. The highest BCUT2D eigenvalue weighted by molar-refractivity contribution is 5.51. The molecular formula is C16H18N4O2. The number of hydrogen-bond donors (Lipinski definition) is 1. The molecule has 0 radical (unpaired) electrons. The Balaban J connectivity index is 1.50. The van der Waals surface area contributed by atoms with Crippen LogP contribution >= 0.6 is 0 Å². The highest BCUT2D eigenvalue weighted by atomic mass is 16.5. The van der Waals surface area contributed by atoms with Crippen molar-refractivity contribution in [3.63, 3.8) is 0 Å². The zero-order valence-corrected chi connectivity index (χ0v) is 12.5. The Morgan fingerprint density at radius 1 is 1.36 bits per heavy atom. The molecule has 1 aliphatic heterocycles. The topological polar surface area (TPSA) is 71.1 Å². The summed E-state index contributed by atoms with van der Waals surface area (Å²) in [5.41, 5.74) is 1.83. The normalized spacial score (nSPS) is 19.0. The van der Waals surface area contributed by atoms with Crippen LogP contribution in [0.1, 0.15) is 36.1 Å². The Morgan fingerprint density at radius 2 is 2.32 bits per heavy atom. The SMILES string of the molecule is Cc1cc([C@@H]2CCCN2Cc2ccc(-c3ccn[nH]3)o2)on1. The summed E-state index contributed by atoms with van der Waals surface area (Å²) in [5.74, 6) is 2.72. The van der Waals surface area contributed by atoms with E-state index in [1.165, 1.54) is 6.42 Å². The van der Waals surface area contributed by atoms with Crippen LogP contribution in [0.25, 0.3) is 11.5 Å². The van der Waals surface area contributed by atoms with Crippen molar-refractivity contribution in [3.8, 4) is 11.5 Å². The number of hydrogen-bond acceptors (Lipinski definition) is 5. The molecule has 22 heavy (non-hydrogen) atoms. The maximum Gasteiger partial charge on any atom is 0.154 e. The summed E-state index contributed by atoms with van der Waals surface area (Å²) in [6.07, 6.45) is 3.99. The summed E-state index contributed by atoms with van der Waals surface area (Å²) >= 11 is 0. The van der Waals surface area contributed by atoms with E-state index in [1.54, 1.807) is 6.20 Å². The van der Waals surface area contributed by atoms with Crippen LogP contribution in [-0.2, 0) is 6.54 Å². The third kappa shape index (κ3) is 2.46. The monoisotopic (exact) mass is 298 g/mol. The van der Waals surface area contributed by atoms with Gasteiger partial charge in [-0.15, -0.1) is 0 Å². The minimum absolute atomic E-state index is 0.293. The lowest BCUT2D eigenvalue weighted by Crippen LogP contribution is -2.22. The predicted octanol–water partition coefficient (Wildman–Crippen LogP) is 3.30. The average Bonchev–Trinajstić information content (AvgIpc) is 3.26. The van der Waals surface area contributed by atoms with Gasteiger partial charge < -0.3 is 8.94 Å². The minimum Gasteiger partial charge on any atom is -0.458 e. The summed E-state index contributed by atoms with van der Waals surface area (Å²) in [7, 11) is 0. The number of nitrogens with zero attached hydrogens (tertiary/aromatic N) is 3. The second-order valence-electron chi connectivity index (χ2n) is 5.74. The molecule has 0 unspecified atom stereocenters. The second kappa shape index (κ2) is 5.46. The molecule has 1 N–H and O–H groups in total. The predicted molar refractivity (Wildman–Crippen MR) is 79.9 cm³/mol. The van der Waals surface area contributed by atoms with Crippen LogP contribution in [0.3, 0.4) is 0 Å². The van der Waals surface area contributed by atoms with Gasteiger partial charge in [0.2, 0.25) is 0 Å². The van der Waals surface area contributed by atoms with Crippen molar-refractivity contribution in [3.05, 3.63) is 47.7 Å². The number of aryl methyl sites for hydroxylation is 1. The van der Waals surface area contributed by atoms with E-state index in [4.69, 9.17) is 8.94 Å². The van der Waals surface area contributed by atoms with E-state index in [9.17, 15) is 0 Å². The van der Waals surface area contributed by atoms with E-state index in [0.29, 0.717) is 6.04 Å². The molecular weight excluding hydrogens is 280 g/mol. The van der Waals surface area contributed by atoms with Crippen molar-refractivity contribution in [2.24, 2.45) is 0 Å². The van der Waals surface area contributed by atoms with E-state index < -0.39 is 0 Å². The first-order valence-electron chi connectivity index (χ1n) is 7.55. The fourth-order valence-corrected chi connectivity index (χ4v) is 3.08. The number of rotatable bonds is 4. The Bertz CT molecular complexity index is 744. The van der Waals surface area contributed by atoms with Gasteiger partial charge in [0.25, 0.3) is 0 Å². The maximum atomic E-state index is 5.92. The lowest BCUT2D eigenvalue weighted by molar-refractivity contribution is 0.194. The molecule has 0 spiro atoms. The van der Waals surface area contributed by atoms with E-state index in [1.807, 2.05) is 31.2 Å². The van der Waals surface area contributed by atoms with Crippen LogP contribution in [0.15, 0.2) is 39.4 Å². The van der Waals surface area contributed by atoms with Crippen LogP contribution in [0.4, 0.5) is 0 Å². The van der Waals surface area contributed by atoms with Crippen LogP contribution in [0.2, 0.25) is 0 Å². The van der Waals surface area contributed by atoms with Gasteiger partial charge in [0, 0.05) is 12.3 Å². The van der Waals surface area contributed by atoms with Crippen molar-refractivity contribution >= 4 is 0 Å². The van der Waals surface area contributed by atoms with E-state index in [2.05, 4.69) is 20.3 Å². The summed E-state index contributed by atoms with van der Waals surface area (Å²) in [5, 5.41) is 10.9. The zero-order valence-electron chi connectivity index (χ0n) is 12.5. The van der Waals surface area contributed by atoms with Gasteiger partial charge in [-0.2, -0.15) is 5.10 Å². The number of furan rings is 1. The molecule has 0 saturated carbocycles. The zero-order chi connectivity index (χ0) is 14.9. The lowest BCUT2D eigenvalue weighted by atomic mass is 10.1. The molecule has 0 aliphatic carbocycles. The second-order valence-corrected chi connectivity index (χ2v) is 5.74. The standard InChI is InChI=1S/C16H18N4O2/c1-11-9-16(22-19-11)14-3-2-8-20(14)10-12-4-5-15(21-12)13-6-7-17-18-13/h4-7,9,14H,2-3,8,10H2,1H3,(H,17,18)/t14-/m0/s1. The number of likely N-dealkylation sites (tertiary alicyclic amines) is 1. The molecule has 6 heteroatoms. The van der Waals surface area contributed by atoms with Crippen molar-refractivity contribution in [1.29, 1.82) is 0 Å². The van der Waals surface area contributed by atoms with Crippen molar-refractivity contribution in [2.45, 2.75) is 32.4 Å². The Kier molecular flexibility index (Phi) is 3.31. The summed E-state index contributed by atoms with van der Waals surface area (Å²) in [6, 6.07) is 8.23. The molecule has 1 saturated heterocycles. The van der Waals surface area contributed by atoms with Crippen molar-refractivity contribution < 1.29 is 8.94 Å². The Hall–Kier alpha value is -2.34.